The summed E-state index contributed by atoms with van der Waals surface area (Å²) in [6.07, 6.45) is -0.311. The number of phenolic OH excluding ortho intramolecular Hbond substituents is 1. The van der Waals surface area contributed by atoms with Crippen molar-refractivity contribution in [1.82, 2.24) is 0 Å². The maximum absolute atomic E-state index is 12.3. The summed E-state index contributed by atoms with van der Waals surface area (Å²) in [7, 11) is 0. The summed E-state index contributed by atoms with van der Waals surface area (Å²) in [6.45, 7) is 11.8. The van der Waals surface area contributed by atoms with E-state index < -0.39 is 28.2 Å². The number of benzene rings is 2. The van der Waals surface area contributed by atoms with Crippen LogP contribution in [0, 0.1) is 5.41 Å². The summed E-state index contributed by atoms with van der Waals surface area (Å²) in [5.41, 5.74) is -0.216. The van der Waals surface area contributed by atoms with E-state index in [0.717, 1.165) is 0 Å². The predicted molar refractivity (Wildman–Crippen MR) is 117 cm³/mol. The van der Waals surface area contributed by atoms with Crippen molar-refractivity contribution >= 4 is 11.9 Å². The lowest BCUT2D eigenvalue weighted by molar-refractivity contribution is -0.164. The minimum atomic E-state index is -2.01. The van der Waals surface area contributed by atoms with Crippen molar-refractivity contribution in [2.24, 2.45) is 5.41 Å². The lowest BCUT2D eigenvalue weighted by Crippen LogP contribution is -2.43. The SMILES string of the molecule is CC(C)(C)c1cc(CC(Cc2ccccc2)(C(=O)O)C(=O)O)cc(C(C)(C)C)c1O. The fourth-order valence-corrected chi connectivity index (χ4v) is 3.69. The molecule has 0 spiro atoms. The summed E-state index contributed by atoms with van der Waals surface area (Å²) in [4.78, 5) is 24.5. The van der Waals surface area contributed by atoms with Gasteiger partial charge in [-0.1, -0.05) is 84.0 Å². The van der Waals surface area contributed by atoms with Gasteiger partial charge < -0.3 is 15.3 Å². The molecule has 0 aliphatic heterocycles. The number of carboxylic acids is 2. The summed E-state index contributed by atoms with van der Waals surface area (Å²) in [5.74, 6) is -2.57. The molecule has 30 heavy (non-hydrogen) atoms. The van der Waals surface area contributed by atoms with Crippen LogP contribution in [0.3, 0.4) is 0 Å². The summed E-state index contributed by atoms with van der Waals surface area (Å²) in [6, 6.07) is 12.3. The van der Waals surface area contributed by atoms with Crippen molar-refractivity contribution < 1.29 is 24.9 Å². The number of aromatic hydroxyl groups is 1. The molecule has 5 nitrogen and oxygen atoms in total. The Hall–Kier alpha value is -2.82. The zero-order valence-electron chi connectivity index (χ0n) is 18.6. The van der Waals surface area contributed by atoms with Gasteiger partial charge in [0.1, 0.15) is 5.75 Å². The van der Waals surface area contributed by atoms with Crippen LogP contribution in [0.1, 0.15) is 63.8 Å². The predicted octanol–water partition coefficient (Wildman–Crippen LogP) is 4.93. The van der Waals surface area contributed by atoms with Gasteiger partial charge in [-0.3, -0.25) is 9.59 Å². The molecule has 0 unspecified atom stereocenters. The van der Waals surface area contributed by atoms with Crippen LogP contribution < -0.4 is 0 Å². The molecule has 5 heteroatoms. The second kappa shape index (κ2) is 8.13. The van der Waals surface area contributed by atoms with Crippen LogP contribution in [0.5, 0.6) is 5.75 Å². The lowest BCUT2D eigenvalue weighted by Gasteiger charge is -2.30. The summed E-state index contributed by atoms with van der Waals surface area (Å²) >= 11 is 0. The number of aliphatic carboxylic acids is 2. The third kappa shape index (κ3) is 4.84. The van der Waals surface area contributed by atoms with Gasteiger partial charge in [0, 0.05) is 0 Å². The van der Waals surface area contributed by atoms with Gasteiger partial charge in [-0.25, -0.2) is 0 Å². The molecule has 0 aliphatic rings. The molecular formula is C25H32O5. The maximum atomic E-state index is 12.3. The number of carbonyl (C=O) groups is 2. The van der Waals surface area contributed by atoms with Gasteiger partial charge in [-0.15, -0.1) is 0 Å². The molecule has 0 aromatic heterocycles. The van der Waals surface area contributed by atoms with Crippen molar-refractivity contribution in [3.05, 3.63) is 64.7 Å². The van der Waals surface area contributed by atoms with Gasteiger partial charge in [-0.2, -0.15) is 0 Å². The van der Waals surface area contributed by atoms with E-state index in [2.05, 4.69) is 0 Å². The highest BCUT2D eigenvalue weighted by molar-refractivity contribution is 5.99. The van der Waals surface area contributed by atoms with Gasteiger partial charge in [0.25, 0.3) is 0 Å². The average molecular weight is 413 g/mol. The van der Waals surface area contributed by atoms with Gasteiger partial charge in [0.05, 0.1) is 0 Å². The second-order valence-electron chi connectivity index (χ2n) is 10.1. The van der Waals surface area contributed by atoms with E-state index in [1.807, 2.05) is 41.5 Å². The molecule has 2 aromatic carbocycles. The summed E-state index contributed by atoms with van der Waals surface area (Å²) < 4.78 is 0. The van der Waals surface area contributed by atoms with Crippen LogP contribution >= 0.6 is 0 Å². The molecule has 0 aliphatic carbocycles. The standard InChI is InChI=1S/C25H32O5/c1-23(2,3)18-12-17(13-19(20(18)26)24(4,5)6)15-25(21(27)28,22(29)30)14-16-10-8-7-9-11-16/h7-13,26H,14-15H2,1-6H3,(H,27,28)(H,29,30). The van der Waals surface area contributed by atoms with Crippen molar-refractivity contribution in [1.29, 1.82) is 0 Å². The molecule has 0 bridgehead atoms. The van der Waals surface area contributed by atoms with Crippen LogP contribution in [-0.4, -0.2) is 27.3 Å². The van der Waals surface area contributed by atoms with Gasteiger partial charge >= 0.3 is 11.9 Å². The largest absolute Gasteiger partial charge is 0.507 e. The van der Waals surface area contributed by atoms with Crippen LogP contribution in [0.15, 0.2) is 42.5 Å². The Labute approximate surface area is 178 Å². The van der Waals surface area contributed by atoms with Crippen LogP contribution in [0.4, 0.5) is 0 Å². The fraction of sp³-hybridized carbons (Fsp3) is 0.440. The van der Waals surface area contributed by atoms with E-state index in [4.69, 9.17) is 0 Å². The van der Waals surface area contributed by atoms with Crippen molar-refractivity contribution in [3.8, 4) is 5.75 Å². The van der Waals surface area contributed by atoms with Gasteiger partial charge in [-0.05, 0) is 45.9 Å². The minimum absolute atomic E-state index is 0.130. The van der Waals surface area contributed by atoms with E-state index in [1.165, 1.54) is 0 Å². The third-order valence-corrected chi connectivity index (χ3v) is 5.46. The molecule has 0 fully saturated rings. The highest BCUT2D eigenvalue weighted by atomic mass is 16.4. The molecule has 2 rings (SSSR count). The second-order valence-corrected chi connectivity index (χ2v) is 10.1. The highest BCUT2D eigenvalue weighted by Crippen LogP contribution is 2.41. The van der Waals surface area contributed by atoms with E-state index in [9.17, 15) is 24.9 Å². The van der Waals surface area contributed by atoms with Crippen molar-refractivity contribution in [2.75, 3.05) is 0 Å². The van der Waals surface area contributed by atoms with Crippen molar-refractivity contribution in [3.63, 3.8) is 0 Å². The lowest BCUT2D eigenvalue weighted by atomic mass is 9.73. The fourth-order valence-electron chi connectivity index (χ4n) is 3.69. The quantitative estimate of drug-likeness (QED) is 0.585. The Morgan fingerprint density at radius 2 is 1.13 bits per heavy atom. The third-order valence-electron chi connectivity index (χ3n) is 5.46. The Morgan fingerprint density at radius 1 is 0.733 bits per heavy atom. The Morgan fingerprint density at radius 3 is 1.50 bits per heavy atom. The van der Waals surface area contributed by atoms with E-state index in [1.54, 1.807) is 42.5 Å². The topological polar surface area (TPSA) is 94.8 Å². The first-order valence-corrected chi connectivity index (χ1v) is 10.1. The zero-order chi connectivity index (χ0) is 22.9. The first kappa shape index (κ1) is 23.5. The van der Waals surface area contributed by atoms with Crippen LogP contribution in [0.25, 0.3) is 0 Å². The van der Waals surface area contributed by atoms with Gasteiger partial charge in [0.15, 0.2) is 5.41 Å². The first-order chi connectivity index (χ1) is 13.7. The number of hydrogen-bond acceptors (Lipinski definition) is 3. The molecule has 0 amide bonds. The first-order valence-electron chi connectivity index (χ1n) is 10.1. The minimum Gasteiger partial charge on any atom is -0.507 e. The Bertz CT molecular complexity index is 881. The number of rotatable bonds is 6. The average Bonchev–Trinajstić information content (AvgIpc) is 2.60. The van der Waals surface area contributed by atoms with E-state index in [0.29, 0.717) is 22.3 Å². The number of carboxylic acid groups (broad SMARTS) is 2. The van der Waals surface area contributed by atoms with E-state index in [-0.39, 0.29) is 18.6 Å². The number of phenols is 1. The molecule has 0 saturated heterocycles. The molecule has 0 saturated carbocycles. The molecular weight excluding hydrogens is 380 g/mol. The molecule has 2 aromatic rings. The molecule has 3 N–H and O–H groups in total. The summed E-state index contributed by atoms with van der Waals surface area (Å²) in [5, 5.41) is 30.9. The maximum Gasteiger partial charge on any atom is 0.321 e. The number of hydrogen-bond donors (Lipinski definition) is 3. The molecule has 0 heterocycles. The zero-order valence-corrected chi connectivity index (χ0v) is 18.6. The van der Waals surface area contributed by atoms with Crippen LogP contribution in [0.2, 0.25) is 0 Å². The van der Waals surface area contributed by atoms with Crippen LogP contribution in [-0.2, 0) is 33.3 Å². The Kier molecular flexibility index (Phi) is 6.36. The normalized spacial score (nSPS) is 12.6. The smallest absolute Gasteiger partial charge is 0.321 e. The molecule has 0 atom stereocenters. The van der Waals surface area contributed by atoms with Crippen molar-refractivity contribution in [2.45, 2.75) is 65.2 Å². The molecule has 0 radical (unpaired) electrons. The Balaban J connectivity index is 2.68. The monoisotopic (exact) mass is 412 g/mol. The van der Waals surface area contributed by atoms with E-state index >= 15 is 0 Å². The molecule has 162 valence electrons. The highest BCUT2D eigenvalue weighted by Gasteiger charge is 2.47. The van der Waals surface area contributed by atoms with Gasteiger partial charge in [0.2, 0.25) is 0 Å².